The lowest BCUT2D eigenvalue weighted by Crippen LogP contribution is -2.15. The van der Waals surface area contributed by atoms with Gasteiger partial charge in [-0.3, -0.25) is 4.79 Å². The fraction of sp³-hybridized carbons (Fsp3) is 0.286. The maximum atomic E-state index is 12.6. The molecule has 0 fully saturated rings. The van der Waals surface area contributed by atoms with Gasteiger partial charge in [0.15, 0.2) is 0 Å². The molecule has 1 aromatic heterocycles. The molecule has 1 unspecified atom stereocenters. The van der Waals surface area contributed by atoms with Gasteiger partial charge in [0.1, 0.15) is 0 Å². The Kier molecular flexibility index (Phi) is 2.44. The summed E-state index contributed by atoms with van der Waals surface area (Å²) < 4.78 is 16.9. The van der Waals surface area contributed by atoms with E-state index in [0.717, 1.165) is 6.26 Å². The number of rotatable bonds is 3. The number of carboxylic acid groups (broad SMARTS) is 1. The van der Waals surface area contributed by atoms with Crippen LogP contribution in [0.1, 0.15) is 18.0 Å². The van der Waals surface area contributed by atoms with Gasteiger partial charge in [-0.15, -0.1) is 0 Å². The Balaban J connectivity index is 2.71. The van der Waals surface area contributed by atoms with E-state index in [2.05, 4.69) is 4.42 Å². The second-order valence-corrected chi connectivity index (χ2v) is 2.35. The van der Waals surface area contributed by atoms with Crippen molar-refractivity contribution >= 4 is 5.97 Å². The van der Waals surface area contributed by atoms with Gasteiger partial charge in [0.2, 0.25) is 0 Å². The Morgan fingerprint density at radius 2 is 2.50 bits per heavy atom. The van der Waals surface area contributed by atoms with Crippen molar-refractivity contribution in [2.24, 2.45) is 5.73 Å². The average molecular weight is 173 g/mol. The van der Waals surface area contributed by atoms with E-state index in [1.807, 2.05) is 0 Å². The fourth-order valence-electron chi connectivity index (χ4n) is 0.868. The first-order chi connectivity index (χ1) is 5.61. The molecule has 66 valence electrons. The Labute approximate surface area is 67.8 Å². The van der Waals surface area contributed by atoms with E-state index in [0.29, 0.717) is 0 Å². The van der Waals surface area contributed by atoms with Crippen molar-refractivity contribution in [1.29, 1.82) is 0 Å². The summed E-state index contributed by atoms with van der Waals surface area (Å²) in [5.41, 5.74) is 5.46. The van der Waals surface area contributed by atoms with E-state index in [1.165, 1.54) is 6.07 Å². The third-order valence-corrected chi connectivity index (χ3v) is 1.44. The quantitative estimate of drug-likeness (QED) is 0.711. The summed E-state index contributed by atoms with van der Waals surface area (Å²) in [5.74, 6) is -1.07. The maximum Gasteiger partial charge on any atom is 0.305 e. The average Bonchev–Trinajstić information content (AvgIpc) is 2.33. The minimum absolute atomic E-state index is 0.0948. The van der Waals surface area contributed by atoms with Gasteiger partial charge in [-0.25, -0.2) is 0 Å². The highest BCUT2D eigenvalue weighted by atomic mass is 19.1. The summed E-state index contributed by atoms with van der Waals surface area (Å²) in [5, 5.41) is 8.34. The molecule has 0 saturated carbocycles. The summed E-state index contributed by atoms with van der Waals surface area (Å²) in [7, 11) is 0. The predicted molar refractivity (Wildman–Crippen MR) is 37.8 cm³/mol. The molecule has 1 heterocycles. The number of hydrogen-bond donors (Lipinski definition) is 2. The first-order valence-electron chi connectivity index (χ1n) is 3.31. The SMILES string of the molecule is NC(CC(=O)O)c1ccoc1F. The van der Waals surface area contributed by atoms with E-state index in [4.69, 9.17) is 10.8 Å². The predicted octanol–water partition coefficient (Wildman–Crippen LogP) is 0.893. The second kappa shape index (κ2) is 3.36. The summed E-state index contributed by atoms with van der Waals surface area (Å²) in [6.45, 7) is 0. The van der Waals surface area contributed by atoms with Crippen LogP contribution >= 0.6 is 0 Å². The van der Waals surface area contributed by atoms with Crippen LogP contribution in [0.3, 0.4) is 0 Å². The van der Waals surface area contributed by atoms with Gasteiger partial charge in [0, 0.05) is 11.6 Å². The van der Waals surface area contributed by atoms with E-state index in [1.54, 1.807) is 0 Å². The highest BCUT2D eigenvalue weighted by Crippen LogP contribution is 2.18. The third kappa shape index (κ3) is 1.82. The normalized spacial score (nSPS) is 12.8. The van der Waals surface area contributed by atoms with Crippen LogP contribution in [0, 0.1) is 6.01 Å². The minimum atomic E-state index is -1.07. The van der Waals surface area contributed by atoms with Crippen molar-refractivity contribution in [1.82, 2.24) is 0 Å². The summed E-state index contributed by atoms with van der Waals surface area (Å²) in [6.07, 6.45) is 0.822. The number of carbonyl (C=O) groups is 1. The molecule has 0 saturated heterocycles. The molecule has 0 bridgehead atoms. The Morgan fingerprint density at radius 3 is 2.92 bits per heavy atom. The second-order valence-electron chi connectivity index (χ2n) is 2.35. The standard InChI is InChI=1S/C7H8FNO3/c8-7-4(1-2-12-7)5(9)3-6(10)11/h1-2,5H,3,9H2,(H,10,11). The zero-order valence-electron chi connectivity index (χ0n) is 6.16. The van der Waals surface area contributed by atoms with Crippen LogP contribution in [0.2, 0.25) is 0 Å². The number of carboxylic acids is 1. The first-order valence-corrected chi connectivity index (χ1v) is 3.31. The fourth-order valence-corrected chi connectivity index (χ4v) is 0.868. The molecule has 1 rings (SSSR count). The number of aliphatic carboxylic acids is 1. The topological polar surface area (TPSA) is 76.5 Å². The van der Waals surface area contributed by atoms with E-state index in [9.17, 15) is 9.18 Å². The zero-order valence-corrected chi connectivity index (χ0v) is 6.16. The molecule has 4 nitrogen and oxygen atoms in total. The van der Waals surface area contributed by atoms with Gasteiger partial charge in [0.05, 0.1) is 12.7 Å². The van der Waals surface area contributed by atoms with Crippen molar-refractivity contribution in [2.75, 3.05) is 0 Å². The first kappa shape index (κ1) is 8.73. The Bertz CT molecular complexity index is 284. The monoisotopic (exact) mass is 173 g/mol. The van der Waals surface area contributed by atoms with Crippen molar-refractivity contribution in [3.05, 3.63) is 23.9 Å². The van der Waals surface area contributed by atoms with E-state index in [-0.39, 0.29) is 12.0 Å². The largest absolute Gasteiger partial charge is 0.481 e. The Hall–Kier alpha value is -1.36. The van der Waals surface area contributed by atoms with Gasteiger partial charge in [-0.05, 0) is 6.07 Å². The lowest BCUT2D eigenvalue weighted by Gasteiger charge is -2.04. The van der Waals surface area contributed by atoms with Crippen molar-refractivity contribution < 1.29 is 18.7 Å². The van der Waals surface area contributed by atoms with Gasteiger partial charge in [-0.1, -0.05) is 0 Å². The van der Waals surface area contributed by atoms with Crippen molar-refractivity contribution in [3.63, 3.8) is 0 Å². The van der Waals surface area contributed by atoms with Crippen LogP contribution in [0.5, 0.6) is 0 Å². The highest BCUT2D eigenvalue weighted by molar-refractivity contribution is 5.67. The smallest absolute Gasteiger partial charge is 0.305 e. The minimum Gasteiger partial charge on any atom is -0.481 e. The molecule has 0 amide bonds. The summed E-state index contributed by atoms with van der Waals surface area (Å²) in [6, 6.07) is -0.340. The molecule has 12 heavy (non-hydrogen) atoms. The van der Waals surface area contributed by atoms with Gasteiger partial charge >= 0.3 is 5.97 Å². The van der Waals surface area contributed by atoms with Crippen LogP contribution in [-0.2, 0) is 4.79 Å². The molecule has 0 aliphatic rings. The van der Waals surface area contributed by atoms with Gasteiger partial charge in [0.25, 0.3) is 6.01 Å². The number of halogens is 1. The summed E-state index contributed by atoms with van der Waals surface area (Å²) >= 11 is 0. The lowest BCUT2D eigenvalue weighted by molar-refractivity contribution is -0.137. The third-order valence-electron chi connectivity index (χ3n) is 1.44. The van der Waals surface area contributed by atoms with Crippen LogP contribution in [-0.4, -0.2) is 11.1 Å². The maximum absolute atomic E-state index is 12.6. The molecule has 3 N–H and O–H groups in total. The molecule has 0 aliphatic carbocycles. The molecule has 5 heteroatoms. The molecular weight excluding hydrogens is 165 g/mol. The number of furan rings is 1. The Morgan fingerprint density at radius 1 is 1.83 bits per heavy atom. The molecule has 0 spiro atoms. The van der Waals surface area contributed by atoms with Crippen molar-refractivity contribution in [3.8, 4) is 0 Å². The molecule has 0 aliphatic heterocycles. The van der Waals surface area contributed by atoms with Crippen LogP contribution < -0.4 is 5.73 Å². The van der Waals surface area contributed by atoms with Crippen LogP contribution in [0.15, 0.2) is 16.7 Å². The molecule has 1 aromatic rings. The molecule has 0 aromatic carbocycles. The molecule has 0 radical (unpaired) electrons. The number of hydrogen-bond acceptors (Lipinski definition) is 3. The molecular formula is C7H8FNO3. The van der Waals surface area contributed by atoms with Crippen LogP contribution in [0.4, 0.5) is 4.39 Å². The summed E-state index contributed by atoms with van der Waals surface area (Å²) in [4.78, 5) is 10.2. The molecule has 1 atom stereocenters. The van der Waals surface area contributed by atoms with Gasteiger partial charge < -0.3 is 15.3 Å². The lowest BCUT2D eigenvalue weighted by atomic mass is 10.1. The van der Waals surface area contributed by atoms with Crippen LogP contribution in [0.25, 0.3) is 0 Å². The zero-order chi connectivity index (χ0) is 9.14. The van der Waals surface area contributed by atoms with E-state index < -0.39 is 18.0 Å². The van der Waals surface area contributed by atoms with Crippen molar-refractivity contribution in [2.45, 2.75) is 12.5 Å². The number of nitrogens with two attached hydrogens (primary N) is 1. The highest BCUT2D eigenvalue weighted by Gasteiger charge is 2.16. The van der Waals surface area contributed by atoms with Gasteiger partial charge in [-0.2, -0.15) is 4.39 Å². The van der Waals surface area contributed by atoms with E-state index >= 15 is 0 Å².